The van der Waals surface area contributed by atoms with E-state index in [1.807, 2.05) is 0 Å². The first-order chi connectivity index (χ1) is 15.8. The average Bonchev–Trinajstić information content (AvgIpc) is 2.88. The fraction of sp³-hybridized carbons (Fsp3) is 0.143. The van der Waals surface area contributed by atoms with Crippen molar-refractivity contribution in [3.05, 3.63) is 121 Å². The Balaban J connectivity index is 1.42. The van der Waals surface area contributed by atoms with E-state index in [9.17, 15) is 0 Å². The molecule has 0 aliphatic carbocycles. The fourth-order valence-corrected chi connectivity index (χ4v) is 17.3. The summed E-state index contributed by atoms with van der Waals surface area (Å²) in [7, 11) is -0.268. The van der Waals surface area contributed by atoms with Crippen LogP contribution in [-0.2, 0) is 11.8 Å². The van der Waals surface area contributed by atoms with Crippen molar-refractivity contribution in [3.63, 3.8) is 0 Å². The van der Waals surface area contributed by atoms with Crippen LogP contribution < -0.4 is 21.2 Å². The van der Waals surface area contributed by atoms with Crippen molar-refractivity contribution in [2.75, 3.05) is 12.3 Å². The molecular formula is C28H28P2STe. The summed E-state index contributed by atoms with van der Waals surface area (Å²) < 4.78 is 2.69. The molecule has 0 saturated heterocycles. The second kappa shape index (κ2) is 12.3. The van der Waals surface area contributed by atoms with Crippen LogP contribution in [0.15, 0.2) is 121 Å². The summed E-state index contributed by atoms with van der Waals surface area (Å²) in [6.45, 7) is 0. The van der Waals surface area contributed by atoms with E-state index in [1.165, 1.54) is 36.3 Å². The van der Waals surface area contributed by atoms with Crippen LogP contribution in [0.5, 0.6) is 0 Å². The predicted molar refractivity (Wildman–Crippen MR) is 151 cm³/mol. The van der Waals surface area contributed by atoms with Gasteiger partial charge in [0.2, 0.25) is 0 Å². The molecule has 162 valence electrons. The minimum atomic E-state index is -1.73. The van der Waals surface area contributed by atoms with Crippen molar-refractivity contribution in [2.45, 2.75) is 8.94 Å². The van der Waals surface area contributed by atoms with Crippen molar-refractivity contribution in [1.29, 1.82) is 0 Å². The molecular weight excluding hydrogens is 558 g/mol. The third-order valence-corrected chi connectivity index (χ3v) is 17.6. The SMILES string of the molecule is S=P(CC[Te]CCP(c1ccccc1)c1ccccc1)(c1ccccc1)c1ccccc1. The molecule has 4 rings (SSSR count). The topological polar surface area (TPSA) is 0 Å². The van der Waals surface area contributed by atoms with E-state index in [0.29, 0.717) is 0 Å². The zero-order valence-electron chi connectivity index (χ0n) is 18.1. The first-order valence-electron chi connectivity index (χ1n) is 10.9. The molecule has 0 aliphatic heterocycles. The van der Waals surface area contributed by atoms with E-state index in [2.05, 4.69) is 121 Å². The number of hydrogen-bond donors (Lipinski definition) is 0. The Kier molecular flexibility index (Phi) is 9.17. The molecule has 0 radical (unpaired) electrons. The third-order valence-electron chi connectivity index (χ3n) is 5.49. The molecule has 0 unspecified atom stereocenters. The Hall–Kier alpha value is -1.25. The second-order valence-corrected chi connectivity index (χ2v) is 18.2. The second-order valence-electron chi connectivity index (χ2n) is 7.57. The minimum absolute atomic E-state index is 0.0648. The van der Waals surface area contributed by atoms with Gasteiger partial charge in [0.1, 0.15) is 0 Å². The summed E-state index contributed by atoms with van der Waals surface area (Å²) in [5, 5.41) is 5.73. The molecule has 0 saturated carbocycles. The van der Waals surface area contributed by atoms with Gasteiger partial charge in [-0.15, -0.1) is 0 Å². The van der Waals surface area contributed by atoms with Crippen LogP contribution in [0.4, 0.5) is 0 Å². The van der Waals surface area contributed by atoms with Gasteiger partial charge in [-0.25, -0.2) is 0 Å². The van der Waals surface area contributed by atoms with Crippen LogP contribution in [0.25, 0.3) is 0 Å². The van der Waals surface area contributed by atoms with Crippen LogP contribution in [0.2, 0.25) is 8.94 Å². The van der Waals surface area contributed by atoms with Gasteiger partial charge in [0.15, 0.2) is 0 Å². The monoisotopic (exact) mass is 588 g/mol. The maximum atomic E-state index is 6.43. The van der Waals surface area contributed by atoms with Crippen LogP contribution in [0.1, 0.15) is 0 Å². The van der Waals surface area contributed by atoms with Gasteiger partial charge in [-0.05, 0) is 0 Å². The van der Waals surface area contributed by atoms with Gasteiger partial charge in [0.25, 0.3) is 0 Å². The molecule has 0 nitrogen and oxygen atoms in total. The maximum absolute atomic E-state index is 6.43. The molecule has 0 N–H and O–H groups in total. The predicted octanol–water partition coefficient (Wildman–Crippen LogP) is 5.79. The average molecular weight is 586 g/mol. The van der Waals surface area contributed by atoms with E-state index in [1.54, 1.807) is 0 Å². The van der Waals surface area contributed by atoms with E-state index in [-0.39, 0.29) is 28.8 Å². The van der Waals surface area contributed by atoms with Crippen molar-refractivity contribution in [3.8, 4) is 0 Å². The first-order valence-corrected chi connectivity index (χ1v) is 18.7. The quantitative estimate of drug-likeness (QED) is 0.129. The summed E-state index contributed by atoms with van der Waals surface area (Å²) in [6.07, 6.45) is 2.46. The summed E-state index contributed by atoms with van der Waals surface area (Å²) in [6, 6.07) is 42.2. The van der Waals surface area contributed by atoms with Crippen LogP contribution >= 0.6 is 14.0 Å². The molecule has 0 heterocycles. The van der Waals surface area contributed by atoms with Crippen LogP contribution in [0, 0.1) is 0 Å². The van der Waals surface area contributed by atoms with Gasteiger partial charge in [0, 0.05) is 0 Å². The molecule has 0 spiro atoms. The first kappa shape index (κ1) is 23.9. The zero-order valence-corrected chi connectivity index (χ0v) is 23.0. The zero-order chi connectivity index (χ0) is 22.1. The number of hydrogen-bond acceptors (Lipinski definition) is 1. The Bertz CT molecular complexity index is 1040. The summed E-state index contributed by atoms with van der Waals surface area (Å²) in [5.74, 6) is 0. The Morgan fingerprint density at radius 3 is 1.41 bits per heavy atom. The van der Waals surface area contributed by atoms with Crippen molar-refractivity contribution in [2.24, 2.45) is 0 Å². The third kappa shape index (κ3) is 6.20. The molecule has 4 heteroatoms. The van der Waals surface area contributed by atoms with Gasteiger partial charge in [-0.2, -0.15) is 0 Å². The van der Waals surface area contributed by atoms with Gasteiger partial charge < -0.3 is 0 Å². The molecule has 0 atom stereocenters. The van der Waals surface area contributed by atoms with Gasteiger partial charge in [-0.3, -0.25) is 0 Å². The standard InChI is InChI=1S/C28H28P2STe/c31-30(27-17-9-3-10-18-27,28-19-11-4-12-20-28)22-24-32-23-21-29(25-13-5-1-6-14-25)26-15-7-2-8-16-26/h1-20H,21-24H2. The van der Waals surface area contributed by atoms with E-state index in [4.69, 9.17) is 11.8 Å². The summed E-state index contributed by atoms with van der Waals surface area (Å²) in [5.41, 5.74) is 0. The Labute approximate surface area is 209 Å². The Morgan fingerprint density at radius 2 is 0.969 bits per heavy atom. The van der Waals surface area contributed by atoms with Gasteiger partial charge in [0.05, 0.1) is 0 Å². The number of benzene rings is 4. The summed E-state index contributed by atoms with van der Waals surface area (Å²) in [4.78, 5) is 0. The Morgan fingerprint density at radius 1 is 0.562 bits per heavy atom. The molecule has 0 fully saturated rings. The molecule has 0 aromatic heterocycles. The summed E-state index contributed by atoms with van der Waals surface area (Å²) >= 11 is 6.36. The van der Waals surface area contributed by atoms with Crippen molar-refractivity contribution < 1.29 is 0 Å². The molecule has 0 bridgehead atoms. The van der Waals surface area contributed by atoms with Gasteiger partial charge >= 0.3 is 210 Å². The van der Waals surface area contributed by atoms with Crippen LogP contribution in [-0.4, -0.2) is 33.2 Å². The van der Waals surface area contributed by atoms with Crippen molar-refractivity contribution in [1.82, 2.24) is 0 Å². The number of rotatable bonds is 10. The van der Waals surface area contributed by atoms with E-state index in [0.717, 1.165) is 6.16 Å². The molecule has 4 aromatic rings. The molecule has 32 heavy (non-hydrogen) atoms. The van der Waals surface area contributed by atoms with Gasteiger partial charge in [-0.1, -0.05) is 0 Å². The van der Waals surface area contributed by atoms with E-state index >= 15 is 0 Å². The normalized spacial score (nSPS) is 11.5. The van der Waals surface area contributed by atoms with E-state index < -0.39 is 6.04 Å². The molecule has 0 amide bonds. The van der Waals surface area contributed by atoms with Crippen molar-refractivity contribution >= 4 is 67.9 Å². The molecule has 0 aliphatic rings. The fourth-order valence-electron chi connectivity index (χ4n) is 3.82. The van der Waals surface area contributed by atoms with Crippen LogP contribution in [0.3, 0.4) is 0 Å². The molecule has 4 aromatic carbocycles.